The number of aromatic hydroxyl groups is 1. The first-order valence-electron chi connectivity index (χ1n) is 10.0. The number of nitro benzene ring substituents is 1. The zero-order valence-electron chi connectivity index (χ0n) is 17.6. The van der Waals surface area contributed by atoms with Gasteiger partial charge in [0.25, 0.3) is 17.5 Å². The molecule has 0 saturated carbocycles. The summed E-state index contributed by atoms with van der Waals surface area (Å²) in [7, 11) is 0. The second-order valence-electron chi connectivity index (χ2n) is 7.39. The lowest BCUT2D eigenvalue weighted by Gasteiger charge is -2.09. The van der Waals surface area contributed by atoms with E-state index in [0.717, 1.165) is 12.2 Å². The summed E-state index contributed by atoms with van der Waals surface area (Å²) in [6, 6.07) is 10.5. The van der Waals surface area contributed by atoms with Gasteiger partial charge in [0, 0.05) is 30.3 Å². The number of phenolic OH excluding ortho intramolecular Hbond substituents is 1. The number of phenols is 1. The Labute approximate surface area is 185 Å². The molecule has 0 aliphatic carbocycles. The van der Waals surface area contributed by atoms with E-state index in [1.54, 1.807) is 24.3 Å². The van der Waals surface area contributed by atoms with Gasteiger partial charge >= 0.3 is 0 Å². The number of rotatable bonds is 11. The average Bonchev–Trinajstić information content (AvgIpc) is 2.73. The third kappa shape index (κ3) is 7.93. The zero-order valence-corrected chi connectivity index (χ0v) is 18.4. The van der Waals surface area contributed by atoms with Crippen LogP contribution < -0.4 is 10.6 Å². The molecule has 0 atom stereocenters. The van der Waals surface area contributed by atoms with Crippen LogP contribution in [0.5, 0.6) is 5.75 Å². The molecular weight excluding hydrogens is 418 g/mol. The lowest BCUT2D eigenvalue weighted by atomic mass is 10.2. The first-order chi connectivity index (χ1) is 14.8. The van der Waals surface area contributed by atoms with E-state index in [2.05, 4.69) is 24.5 Å². The molecule has 2 aromatic carbocycles. The molecule has 166 valence electrons. The third-order valence-corrected chi connectivity index (χ3v) is 5.50. The van der Waals surface area contributed by atoms with Gasteiger partial charge in [-0.1, -0.05) is 19.9 Å². The van der Waals surface area contributed by atoms with Gasteiger partial charge < -0.3 is 15.7 Å². The van der Waals surface area contributed by atoms with Crippen molar-refractivity contribution in [1.82, 2.24) is 10.6 Å². The van der Waals surface area contributed by atoms with Gasteiger partial charge in [-0.05, 0) is 54.8 Å². The van der Waals surface area contributed by atoms with E-state index in [0.29, 0.717) is 35.9 Å². The monoisotopic (exact) mass is 445 g/mol. The predicted molar refractivity (Wildman–Crippen MR) is 121 cm³/mol. The van der Waals surface area contributed by atoms with Crippen LogP contribution in [0.4, 0.5) is 5.69 Å². The lowest BCUT2D eigenvalue weighted by Crippen LogP contribution is -2.29. The molecular formula is C22H27N3O5S. The minimum Gasteiger partial charge on any atom is -0.508 e. The molecule has 0 heterocycles. The Morgan fingerprint density at radius 2 is 1.71 bits per heavy atom. The van der Waals surface area contributed by atoms with E-state index < -0.39 is 10.8 Å². The molecule has 0 radical (unpaired) electrons. The fourth-order valence-electron chi connectivity index (χ4n) is 2.67. The Hall–Kier alpha value is -3.07. The van der Waals surface area contributed by atoms with Crippen LogP contribution in [0.1, 0.15) is 47.4 Å². The molecule has 9 heteroatoms. The number of nitrogens with one attached hydrogen (secondary N) is 2. The molecule has 0 unspecified atom stereocenters. The molecule has 0 aliphatic rings. The number of nitro groups is 1. The number of carbonyl (C=O) groups excluding carboxylic acids is 2. The highest BCUT2D eigenvalue weighted by atomic mass is 32.2. The van der Waals surface area contributed by atoms with Crippen molar-refractivity contribution < 1.29 is 19.6 Å². The number of thioether (sulfide) groups is 1. The van der Waals surface area contributed by atoms with Crippen molar-refractivity contribution >= 4 is 29.3 Å². The van der Waals surface area contributed by atoms with Gasteiger partial charge in [0.1, 0.15) is 5.75 Å². The lowest BCUT2D eigenvalue weighted by molar-refractivity contribution is -0.387. The Bertz CT molecular complexity index is 933. The van der Waals surface area contributed by atoms with Crippen molar-refractivity contribution in [2.45, 2.75) is 31.6 Å². The highest BCUT2D eigenvalue weighted by molar-refractivity contribution is 7.99. The maximum Gasteiger partial charge on any atom is 0.283 e. The Morgan fingerprint density at radius 1 is 1.06 bits per heavy atom. The Morgan fingerprint density at radius 3 is 2.29 bits per heavy atom. The number of carbonyl (C=O) groups is 2. The van der Waals surface area contributed by atoms with Gasteiger partial charge in [-0.3, -0.25) is 19.7 Å². The van der Waals surface area contributed by atoms with E-state index >= 15 is 0 Å². The summed E-state index contributed by atoms with van der Waals surface area (Å²) in [5.41, 5.74) is 0.506. The molecule has 0 aliphatic heterocycles. The van der Waals surface area contributed by atoms with Crippen molar-refractivity contribution in [1.29, 1.82) is 0 Å². The number of hydrogen-bond acceptors (Lipinski definition) is 6. The van der Waals surface area contributed by atoms with Gasteiger partial charge in [-0.2, -0.15) is 0 Å². The van der Waals surface area contributed by atoms with Crippen LogP contribution in [0.25, 0.3) is 0 Å². The van der Waals surface area contributed by atoms with Crippen molar-refractivity contribution in [2.24, 2.45) is 5.92 Å². The zero-order chi connectivity index (χ0) is 22.8. The first-order valence-corrected chi connectivity index (χ1v) is 11.0. The second kappa shape index (κ2) is 11.9. The molecule has 0 fully saturated rings. The van der Waals surface area contributed by atoms with Crippen LogP contribution in [0.15, 0.2) is 47.4 Å². The maximum absolute atomic E-state index is 12.3. The van der Waals surface area contributed by atoms with Gasteiger partial charge in [0.05, 0.1) is 9.82 Å². The molecule has 2 amide bonds. The number of nitrogens with zero attached hydrogens (tertiary/aromatic N) is 1. The first kappa shape index (κ1) is 24.2. The summed E-state index contributed by atoms with van der Waals surface area (Å²) in [5, 5.41) is 26.2. The van der Waals surface area contributed by atoms with Crippen molar-refractivity contribution in [3.63, 3.8) is 0 Å². The minimum atomic E-state index is -0.467. The van der Waals surface area contributed by atoms with Crippen LogP contribution in [0.2, 0.25) is 0 Å². The van der Waals surface area contributed by atoms with E-state index in [1.165, 1.54) is 30.0 Å². The SMILES string of the molecule is CC(C)CCSc1ccc(C(=O)NCCCNC(=O)c2cccc(O)c2)cc1[N+](=O)[O-]. The normalized spacial score (nSPS) is 10.7. The van der Waals surface area contributed by atoms with Crippen LogP contribution in [0.3, 0.4) is 0 Å². The van der Waals surface area contributed by atoms with Crippen LogP contribution in [-0.4, -0.2) is 40.7 Å². The van der Waals surface area contributed by atoms with E-state index in [9.17, 15) is 24.8 Å². The van der Waals surface area contributed by atoms with Crippen LogP contribution in [-0.2, 0) is 0 Å². The Kier molecular flexibility index (Phi) is 9.33. The number of amides is 2. The highest BCUT2D eigenvalue weighted by Gasteiger charge is 2.18. The van der Waals surface area contributed by atoms with Crippen molar-refractivity contribution in [3.05, 3.63) is 63.7 Å². The largest absolute Gasteiger partial charge is 0.508 e. The number of benzene rings is 2. The molecule has 0 spiro atoms. The van der Waals surface area contributed by atoms with Crippen LogP contribution in [0, 0.1) is 16.0 Å². The second-order valence-corrected chi connectivity index (χ2v) is 8.52. The maximum atomic E-state index is 12.3. The third-order valence-electron chi connectivity index (χ3n) is 4.40. The number of hydrogen-bond donors (Lipinski definition) is 3. The fourth-order valence-corrected chi connectivity index (χ4v) is 3.93. The summed E-state index contributed by atoms with van der Waals surface area (Å²) in [5.74, 6) is 0.586. The highest BCUT2D eigenvalue weighted by Crippen LogP contribution is 2.31. The smallest absolute Gasteiger partial charge is 0.283 e. The standard InChI is InChI=1S/C22H27N3O5S/c1-15(2)9-12-31-20-8-7-17(14-19(20)25(29)30)22(28)24-11-4-10-23-21(27)16-5-3-6-18(26)13-16/h3,5-8,13-15,26H,4,9-12H2,1-2H3,(H,23,27)(H,24,28). The molecule has 0 bridgehead atoms. The van der Waals surface area contributed by atoms with Crippen molar-refractivity contribution in [2.75, 3.05) is 18.8 Å². The molecule has 0 aromatic heterocycles. The topological polar surface area (TPSA) is 122 Å². The molecule has 3 N–H and O–H groups in total. The van der Waals surface area contributed by atoms with Crippen molar-refractivity contribution in [3.8, 4) is 5.75 Å². The summed E-state index contributed by atoms with van der Waals surface area (Å²) in [6.45, 7) is 4.83. The molecule has 31 heavy (non-hydrogen) atoms. The fraction of sp³-hybridized carbons (Fsp3) is 0.364. The summed E-state index contributed by atoms with van der Waals surface area (Å²) in [6.07, 6.45) is 1.44. The molecule has 0 saturated heterocycles. The Balaban J connectivity index is 1.82. The van der Waals surface area contributed by atoms with Gasteiger partial charge in [-0.25, -0.2) is 0 Å². The summed E-state index contributed by atoms with van der Waals surface area (Å²) in [4.78, 5) is 35.8. The van der Waals surface area contributed by atoms with Gasteiger partial charge in [0.15, 0.2) is 0 Å². The minimum absolute atomic E-state index is 0.0124. The average molecular weight is 446 g/mol. The van der Waals surface area contributed by atoms with E-state index in [1.807, 2.05) is 0 Å². The van der Waals surface area contributed by atoms with Gasteiger partial charge in [0.2, 0.25) is 0 Å². The van der Waals surface area contributed by atoms with Gasteiger partial charge in [-0.15, -0.1) is 11.8 Å². The molecule has 8 nitrogen and oxygen atoms in total. The molecule has 2 rings (SSSR count). The summed E-state index contributed by atoms with van der Waals surface area (Å²) < 4.78 is 0. The molecule has 2 aromatic rings. The van der Waals surface area contributed by atoms with E-state index in [-0.39, 0.29) is 22.9 Å². The quantitative estimate of drug-likeness (QED) is 0.208. The summed E-state index contributed by atoms with van der Waals surface area (Å²) >= 11 is 1.42. The van der Waals surface area contributed by atoms with Crippen LogP contribution >= 0.6 is 11.8 Å². The van der Waals surface area contributed by atoms with E-state index in [4.69, 9.17) is 0 Å². The predicted octanol–water partition coefficient (Wildman–Crippen LogP) is 3.99.